The molecule has 1 saturated heterocycles. The smallest absolute Gasteiger partial charge is 0.303 e. The molecule has 0 spiro atoms. The molecular weight excluding hydrogens is 571 g/mol. The van der Waals surface area contributed by atoms with Crippen molar-refractivity contribution < 1.29 is 53.1 Å². The van der Waals surface area contributed by atoms with Gasteiger partial charge in [0.1, 0.15) is 24.0 Å². The van der Waals surface area contributed by atoms with Crippen LogP contribution in [0.3, 0.4) is 0 Å². The van der Waals surface area contributed by atoms with E-state index in [1.54, 1.807) is 19.1 Å². The van der Waals surface area contributed by atoms with Gasteiger partial charge in [-0.2, -0.15) is 0 Å². The first-order chi connectivity index (χ1) is 20.3. The number of carboxylic acid groups (broad SMARTS) is 3. The summed E-state index contributed by atoms with van der Waals surface area (Å²) in [6.45, 7) is 2.28. The Kier molecular flexibility index (Phi) is 9.39. The number of nitrogens with zero attached hydrogens (tertiary/aromatic N) is 2. The summed E-state index contributed by atoms with van der Waals surface area (Å²) in [5.41, 5.74) is 0.0147. The van der Waals surface area contributed by atoms with Crippen molar-refractivity contribution in [2.45, 2.75) is 45.5 Å². The number of aromatic nitrogens is 2. The van der Waals surface area contributed by atoms with Gasteiger partial charge in [0.2, 0.25) is 6.29 Å². The van der Waals surface area contributed by atoms with Crippen molar-refractivity contribution >= 4 is 34.8 Å². The first-order valence-corrected chi connectivity index (χ1v) is 13.2. The van der Waals surface area contributed by atoms with E-state index >= 15 is 0 Å². The zero-order valence-electron chi connectivity index (χ0n) is 23.1. The molecule has 0 saturated carbocycles. The van der Waals surface area contributed by atoms with Gasteiger partial charge in [0.15, 0.2) is 0 Å². The van der Waals surface area contributed by atoms with E-state index in [4.69, 9.17) is 14.2 Å². The van der Waals surface area contributed by atoms with Crippen LogP contribution in [0.1, 0.15) is 32.0 Å². The van der Waals surface area contributed by atoms with E-state index in [0.29, 0.717) is 5.69 Å². The number of benzene rings is 2. The van der Waals surface area contributed by atoms with Gasteiger partial charge in [-0.1, -0.05) is 6.07 Å². The van der Waals surface area contributed by atoms with E-state index in [1.165, 1.54) is 22.8 Å². The maximum Gasteiger partial charge on any atom is 0.303 e. The highest BCUT2D eigenvalue weighted by atomic mass is 19.1. The van der Waals surface area contributed by atoms with E-state index in [0.717, 1.165) is 19.1 Å². The zero-order valence-corrected chi connectivity index (χ0v) is 23.1. The van der Waals surface area contributed by atoms with Crippen LogP contribution in [0, 0.1) is 30.5 Å². The zero-order chi connectivity index (χ0) is 31.4. The van der Waals surface area contributed by atoms with Crippen LogP contribution in [0.2, 0.25) is 0 Å². The molecule has 5 atom stereocenters. The first kappa shape index (κ1) is 31.1. The lowest BCUT2D eigenvalue weighted by atomic mass is 9.71. The number of carboxylic acids is 3. The third-order valence-corrected chi connectivity index (χ3v) is 7.24. The van der Waals surface area contributed by atoms with Crippen molar-refractivity contribution in [3.8, 4) is 11.4 Å². The van der Waals surface area contributed by atoms with Crippen LogP contribution < -0.4 is 10.3 Å². The van der Waals surface area contributed by atoms with E-state index < -0.39 is 91.3 Å². The molecule has 1 aliphatic rings. The van der Waals surface area contributed by atoms with Crippen molar-refractivity contribution in [2.24, 2.45) is 17.8 Å². The summed E-state index contributed by atoms with van der Waals surface area (Å²) in [4.78, 5) is 64.5. The third-order valence-electron chi connectivity index (χ3n) is 7.24. The fourth-order valence-corrected chi connectivity index (χ4v) is 5.49. The van der Waals surface area contributed by atoms with Gasteiger partial charge < -0.3 is 29.5 Å². The van der Waals surface area contributed by atoms with Crippen LogP contribution in [-0.4, -0.2) is 67.7 Å². The Morgan fingerprint density at radius 3 is 2.26 bits per heavy atom. The maximum absolute atomic E-state index is 13.7. The number of hydrogen-bond acceptors (Lipinski definition) is 9. The number of carbonyl (C=O) groups is 4. The van der Waals surface area contributed by atoms with Crippen molar-refractivity contribution in [1.82, 2.24) is 9.55 Å². The van der Waals surface area contributed by atoms with E-state index in [-0.39, 0.29) is 22.5 Å². The first-order valence-electron chi connectivity index (χ1n) is 13.2. The number of fused-ring (bicyclic) bond motifs is 1. The van der Waals surface area contributed by atoms with Gasteiger partial charge in [-0.15, -0.1) is 0 Å². The fraction of sp³-hybridized carbons (Fsp3) is 0.379. The number of aliphatic carboxylic acids is 3. The number of rotatable bonds is 11. The van der Waals surface area contributed by atoms with E-state index in [1.807, 2.05) is 0 Å². The molecule has 4 rings (SSSR count). The predicted molar refractivity (Wildman–Crippen MR) is 145 cm³/mol. The molecule has 1 fully saturated rings. The van der Waals surface area contributed by atoms with Gasteiger partial charge in [0, 0.05) is 37.3 Å². The number of aryl methyl sites for hydroxylation is 1. The van der Waals surface area contributed by atoms with Crippen molar-refractivity contribution in [1.29, 1.82) is 0 Å². The molecule has 43 heavy (non-hydrogen) atoms. The van der Waals surface area contributed by atoms with Gasteiger partial charge in [0.05, 0.1) is 35.5 Å². The second kappa shape index (κ2) is 13.0. The lowest BCUT2D eigenvalue weighted by molar-refractivity contribution is -0.237. The maximum atomic E-state index is 13.7. The molecule has 3 N–H and O–H groups in total. The average molecular weight is 601 g/mol. The fourth-order valence-electron chi connectivity index (χ4n) is 5.49. The minimum Gasteiger partial charge on any atom is -0.481 e. The number of ether oxygens (including phenoxy) is 3. The quantitative estimate of drug-likeness (QED) is 0.273. The van der Waals surface area contributed by atoms with Crippen molar-refractivity contribution in [2.75, 3.05) is 6.61 Å². The van der Waals surface area contributed by atoms with Crippen LogP contribution in [0.15, 0.2) is 47.3 Å². The topological polar surface area (TPSA) is 192 Å². The molecule has 0 aliphatic carbocycles. The monoisotopic (exact) mass is 600 g/mol. The summed E-state index contributed by atoms with van der Waals surface area (Å²) < 4.78 is 32.1. The summed E-state index contributed by atoms with van der Waals surface area (Å²) in [6, 6.07) is 9.73. The molecule has 0 unspecified atom stereocenters. The summed E-state index contributed by atoms with van der Waals surface area (Å²) in [5.74, 6) is -7.89. The number of esters is 1. The number of hydrogen-bond donors (Lipinski definition) is 3. The average Bonchev–Trinajstić information content (AvgIpc) is 2.90. The van der Waals surface area contributed by atoms with E-state index in [2.05, 4.69) is 4.98 Å². The van der Waals surface area contributed by atoms with Crippen LogP contribution >= 0.6 is 0 Å². The second-order valence-electron chi connectivity index (χ2n) is 10.2. The summed E-state index contributed by atoms with van der Waals surface area (Å²) >= 11 is 0. The Morgan fingerprint density at radius 1 is 0.953 bits per heavy atom. The lowest BCUT2D eigenvalue weighted by Gasteiger charge is -2.45. The van der Waals surface area contributed by atoms with Crippen molar-refractivity contribution in [3.05, 3.63) is 64.5 Å². The molecule has 13 nitrogen and oxygen atoms in total. The minimum atomic E-state index is -1.39. The number of carbonyl (C=O) groups excluding carboxylic acids is 1. The molecule has 0 radical (unpaired) electrons. The van der Waals surface area contributed by atoms with Gasteiger partial charge in [0.25, 0.3) is 5.56 Å². The molecule has 14 heteroatoms. The summed E-state index contributed by atoms with van der Waals surface area (Å²) in [7, 11) is 0. The van der Waals surface area contributed by atoms with Gasteiger partial charge in [-0.05, 0) is 37.1 Å². The molecule has 0 amide bonds. The minimum absolute atomic E-state index is 0.111. The molecule has 1 aromatic heterocycles. The second-order valence-corrected chi connectivity index (χ2v) is 10.2. The summed E-state index contributed by atoms with van der Waals surface area (Å²) in [5, 5.41) is 29.0. The molecule has 0 bridgehead atoms. The highest BCUT2D eigenvalue weighted by Gasteiger charge is 2.49. The van der Waals surface area contributed by atoms with Gasteiger partial charge >= 0.3 is 23.9 Å². The molecule has 2 aromatic carbocycles. The molecule has 228 valence electrons. The van der Waals surface area contributed by atoms with Crippen LogP contribution in [-0.2, 0) is 28.7 Å². The van der Waals surface area contributed by atoms with Gasteiger partial charge in [-0.3, -0.25) is 28.5 Å². The van der Waals surface area contributed by atoms with Crippen molar-refractivity contribution in [3.63, 3.8) is 0 Å². The lowest BCUT2D eigenvalue weighted by Crippen LogP contribution is -2.53. The molecule has 1 aliphatic heterocycles. The van der Waals surface area contributed by atoms with Crippen LogP contribution in [0.4, 0.5) is 4.39 Å². The Hall–Kier alpha value is -4.85. The molecule has 3 aromatic rings. The number of halogens is 1. The van der Waals surface area contributed by atoms with Crippen LogP contribution in [0.25, 0.3) is 16.6 Å². The standard InChI is InChI=1S/C29H29FN2O11/c1-14-31-23-8-16(30)6-7-19(23)28(40)32(14)17-4-3-5-18(9-17)42-29-22(12-27(38)39)20(10-25(34)35)21(11-26(36)37)24(43-29)13-41-15(2)33/h3-9,20-22,24,29H,10-13H2,1-2H3,(H,34,35)(H,36,37)(H,38,39)/t20-,21+,22+,24-,29-/m1/s1. The molecular formula is C29H29FN2O11. The normalized spacial score (nSPS) is 21.7. The Morgan fingerprint density at radius 2 is 1.60 bits per heavy atom. The highest BCUT2D eigenvalue weighted by molar-refractivity contribution is 5.78. The van der Waals surface area contributed by atoms with Gasteiger partial charge in [-0.25, -0.2) is 9.37 Å². The Bertz CT molecular complexity index is 1620. The molecule has 2 heterocycles. The summed E-state index contributed by atoms with van der Waals surface area (Å²) in [6.07, 6.45) is -4.28. The largest absolute Gasteiger partial charge is 0.481 e. The van der Waals surface area contributed by atoms with Crippen LogP contribution in [0.5, 0.6) is 5.75 Å². The highest BCUT2D eigenvalue weighted by Crippen LogP contribution is 2.42. The van der Waals surface area contributed by atoms with E-state index in [9.17, 15) is 43.7 Å². The predicted octanol–water partition coefficient (Wildman–Crippen LogP) is 2.77. The Labute approximate surface area is 243 Å². The Balaban J connectivity index is 1.74. The third kappa shape index (κ3) is 7.33. The SMILES string of the molecule is CC(=O)OC[C@H]1O[C@@H](Oc2cccc(-n3c(C)nc4cc(F)ccc4c3=O)c2)[C@@H](CC(=O)O)[C@H](CC(=O)O)[C@@H]1CC(=O)O.